The zero-order valence-electron chi connectivity index (χ0n) is 19.0. The third kappa shape index (κ3) is 5.37. The van der Waals surface area contributed by atoms with Crippen molar-refractivity contribution >= 4 is 27.3 Å². The van der Waals surface area contributed by atoms with Gasteiger partial charge < -0.3 is 5.32 Å². The first-order valence-corrected chi connectivity index (χ1v) is 13.7. The molecule has 7 heteroatoms. The Morgan fingerprint density at radius 1 is 0.939 bits per heavy atom. The van der Waals surface area contributed by atoms with Crippen LogP contribution >= 0.6 is 11.3 Å². The zero-order valence-corrected chi connectivity index (χ0v) is 20.6. The Morgan fingerprint density at radius 2 is 1.61 bits per heavy atom. The summed E-state index contributed by atoms with van der Waals surface area (Å²) in [6.07, 6.45) is 1.03. The van der Waals surface area contributed by atoms with Crippen LogP contribution in [0, 0.1) is 5.92 Å². The molecule has 0 aliphatic carbocycles. The van der Waals surface area contributed by atoms with Crippen LogP contribution in [0.15, 0.2) is 77.0 Å². The van der Waals surface area contributed by atoms with Crippen LogP contribution in [0.3, 0.4) is 0 Å². The van der Waals surface area contributed by atoms with Crippen LogP contribution in [0.25, 0.3) is 0 Å². The van der Waals surface area contributed by atoms with Crippen molar-refractivity contribution in [3.8, 4) is 0 Å². The summed E-state index contributed by atoms with van der Waals surface area (Å²) < 4.78 is 27.7. The van der Waals surface area contributed by atoms with Gasteiger partial charge in [0.05, 0.1) is 10.9 Å². The van der Waals surface area contributed by atoms with E-state index in [4.69, 9.17) is 0 Å². The first-order chi connectivity index (χ1) is 15.9. The molecule has 0 spiro atoms. The van der Waals surface area contributed by atoms with Crippen LogP contribution in [0.1, 0.15) is 54.7 Å². The van der Waals surface area contributed by atoms with Crippen molar-refractivity contribution in [1.29, 1.82) is 0 Å². The Hall–Kier alpha value is -2.48. The number of rotatable bonds is 7. The Bertz CT molecular complexity index is 1150. The molecule has 1 fully saturated rings. The van der Waals surface area contributed by atoms with E-state index in [0.717, 1.165) is 16.0 Å². The molecule has 33 heavy (non-hydrogen) atoms. The monoisotopic (exact) mass is 482 g/mol. The molecule has 0 radical (unpaired) electrons. The summed E-state index contributed by atoms with van der Waals surface area (Å²) in [4.78, 5) is 14.5. The van der Waals surface area contributed by atoms with Gasteiger partial charge in [-0.25, -0.2) is 8.42 Å². The average molecular weight is 483 g/mol. The van der Waals surface area contributed by atoms with Gasteiger partial charge in [-0.2, -0.15) is 4.31 Å². The molecular formula is C26H30N2O3S2. The minimum atomic E-state index is -3.55. The summed E-state index contributed by atoms with van der Waals surface area (Å²) in [7, 11) is -3.55. The molecule has 5 nitrogen and oxygen atoms in total. The molecule has 1 aliphatic rings. The first-order valence-electron chi connectivity index (χ1n) is 11.3. The fourth-order valence-electron chi connectivity index (χ4n) is 4.21. The molecule has 2 heterocycles. The number of piperidine rings is 1. The summed E-state index contributed by atoms with van der Waals surface area (Å²) in [6, 6.07) is 20.9. The number of nitrogens with zero attached hydrogens (tertiary/aromatic N) is 1. The molecule has 1 aromatic heterocycles. The maximum absolute atomic E-state index is 13.1. The Kier molecular flexibility index (Phi) is 7.32. The maximum atomic E-state index is 13.1. The molecule has 0 bridgehead atoms. The van der Waals surface area contributed by atoms with E-state index in [2.05, 4.69) is 19.2 Å². The van der Waals surface area contributed by atoms with Crippen LogP contribution in [-0.4, -0.2) is 31.7 Å². The van der Waals surface area contributed by atoms with Crippen LogP contribution in [0.4, 0.5) is 0 Å². The third-order valence-corrected chi connectivity index (χ3v) is 9.11. The number of carbonyl (C=O) groups excluding carboxylic acids is 1. The lowest BCUT2D eigenvalue weighted by atomic mass is 9.96. The van der Waals surface area contributed by atoms with Crippen molar-refractivity contribution < 1.29 is 13.2 Å². The number of amides is 1. The molecule has 0 saturated carbocycles. The lowest BCUT2D eigenvalue weighted by molar-refractivity contribution is -0.126. The lowest BCUT2D eigenvalue weighted by Gasteiger charge is -2.31. The Morgan fingerprint density at radius 3 is 2.18 bits per heavy atom. The lowest BCUT2D eigenvalue weighted by Crippen LogP contribution is -2.43. The molecule has 4 rings (SSSR count). The summed E-state index contributed by atoms with van der Waals surface area (Å²) in [5, 5.41) is 5.22. The quantitative estimate of drug-likeness (QED) is 0.505. The molecule has 2 aromatic carbocycles. The van der Waals surface area contributed by atoms with Crippen molar-refractivity contribution in [1.82, 2.24) is 9.62 Å². The van der Waals surface area contributed by atoms with Gasteiger partial charge in [0.2, 0.25) is 15.9 Å². The summed E-state index contributed by atoms with van der Waals surface area (Å²) in [5.74, 6) is 0.131. The minimum absolute atomic E-state index is 0.0180. The molecular weight excluding hydrogens is 452 g/mol. The van der Waals surface area contributed by atoms with Gasteiger partial charge >= 0.3 is 0 Å². The second-order valence-electron chi connectivity index (χ2n) is 8.77. The van der Waals surface area contributed by atoms with Gasteiger partial charge in [-0.15, -0.1) is 11.3 Å². The average Bonchev–Trinajstić information content (AvgIpc) is 3.38. The molecule has 174 valence electrons. The van der Waals surface area contributed by atoms with Crippen molar-refractivity contribution in [2.24, 2.45) is 5.92 Å². The highest BCUT2D eigenvalue weighted by Gasteiger charge is 2.33. The van der Waals surface area contributed by atoms with Crippen molar-refractivity contribution in [3.63, 3.8) is 0 Å². The van der Waals surface area contributed by atoms with Gasteiger partial charge in [0, 0.05) is 23.9 Å². The molecule has 1 amide bonds. The first kappa shape index (κ1) is 23.7. The third-order valence-electron chi connectivity index (χ3n) is 6.26. The van der Waals surface area contributed by atoms with Crippen LogP contribution in [-0.2, 0) is 14.8 Å². The minimum Gasteiger partial charge on any atom is -0.344 e. The molecule has 3 aromatic rings. The predicted molar refractivity (Wildman–Crippen MR) is 133 cm³/mol. The highest BCUT2D eigenvalue weighted by Crippen LogP contribution is 2.29. The van der Waals surface area contributed by atoms with Gasteiger partial charge in [-0.05, 0) is 53.5 Å². The summed E-state index contributed by atoms with van der Waals surface area (Å²) >= 11 is 1.62. The van der Waals surface area contributed by atoms with Crippen molar-refractivity contribution in [2.75, 3.05) is 13.1 Å². The van der Waals surface area contributed by atoms with Crippen molar-refractivity contribution in [3.05, 3.63) is 88.1 Å². The smallest absolute Gasteiger partial charge is 0.243 e. The van der Waals surface area contributed by atoms with Crippen molar-refractivity contribution in [2.45, 2.75) is 43.5 Å². The van der Waals surface area contributed by atoms with E-state index in [1.165, 1.54) is 4.31 Å². The van der Waals surface area contributed by atoms with Crippen LogP contribution in [0.5, 0.6) is 0 Å². The van der Waals surface area contributed by atoms with E-state index in [1.54, 1.807) is 23.5 Å². The largest absolute Gasteiger partial charge is 0.344 e. The van der Waals surface area contributed by atoms with E-state index in [-0.39, 0.29) is 17.9 Å². The predicted octanol–water partition coefficient (Wildman–Crippen LogP) is 5.18. The highest BCUT2D eigenvalue weighted by molar-refractivity contribution is 7.89. The highest BCUT2D eigenvalue weighted by atomic mass is 32.2. The van der Waals surface area contributed by atoms with Gasteiger partial charge in [-0.3, -0.25) is 4.79 Å². The second kappa shape index (κ2) is 10.2. The SMILES string of the molecule is CC(C)c1ccc(S(=O)(=O)N2CCC(C(=O)N[C@@H](c3ccccc3)c3cccs3)CC2)cc1. The Balaban J connectivity index is 1.41. The summed E-state index contributed by atoms with van der Waals surface area (Å²) in [5.41, 5.74) is 2.15. The second-order valence-corrected chi connectivity index (χ2v) is 11.7. The normalized spacial score (nSPS) is 16.6. The molecule has 0 unspecified atom stereocenters. The van der Waals surface area contributed by atoms with E-state index in [9.17, 15) is 13.2 Å². The molecule has 1 saturated heterocycles. The number of sulfonamides is 1. The van der Waals surface area contributed by atoms with E-state index in [1.807, 2.05) is 60.0 Å². The van der Waals surface area contributed by atoms with E-state index < -0.39 is 10.0 Å². The number of hydrogen-bond donors (Lipinski definition) is 1. The number of nitrogens with one attached hydrogen (secondary N) is 1. The van der Waals surface area contributed by atoms with Crippen LogP contribution in [0.2, 0.25) is 0 Å². The molecule has 1 N–H and O–H groups in total. The topological polar surface area (TPSA) is 66.5 Å². The van der Waals surface area contributed by atoms with Crippen LogP contribution < -0.4 is 5.32 Å². The van der Waals surface area contributed by atoms with E-state index >= 15 is 0 Å². The fourth-order valence-corrected chi connectivity index (χ4v) is 6.48. The van der Waals surface area contributed by atoms with Gasteiger partial charge in [0.15, 0.2) is 0 Å². The Labute approximate surface area is 200 Å². The zero-order chi connectivity index (χ0) is 23.4. The fraction of sp³-hybridized carbons (Fsp3) is 0.346. The number of carbonyl (C=O) groups is 1. The molecule has 1 aliphatic heterocycles. The maximum Gasteiger partial charge on any atom is 0.243 e. The number of hydrogen-bond acceptors (Lipinski definition) is 4. The van der Waals surface area contributed by atoms with Gasteiger partial charge in [-0.1, -0.05) is 62.4 Å². The van der Waals surface area contributed by atoms with Gasteiger partial charge in [0.25, 0.3) is 0 Å². The van der Waals surface area contributed by atoms with Gasteiger partial charge in [0.1, 0.15) is 0 Å². The number of benzene rings is 2. The standard InChI is InChI=1S/C26H30N2O3S2/c1-19(2)20-10-12-23(13-11-20)33(30,31)28-16-14-22(15-17-28)26(29)27-25(24-9-6-18-32-24)21-7-4-3-5-8-21/h3-13,18-19,22,25H,14-17H2,1-2H3,(H,27,29)/t25-/m0/s1. The summed E-state index contributed by atoms with van der Waals surface area (Å²) in [6.45, 7) is 4.86. The van der Waals surface area contributed by atoms with E-state index in [0.29, 0.717) is 36.7 Å². The molecule has 1 atom stereocenters. The number of thiophene rings is 1.